The first-order valence-electron chi connectivity index (χ1n) is 5.20. The highest BCUT2D eigenvalue weighted by Gasteiger charge is 2.25. The van der Waals surface area contributed by atoms with Crippen molar-refractivity contribution in [3.63, 3.8) is 0 Å². The number of ether oxygens (including phenoxy) is 1. The summed E-state index contributed by atoms with van der Waals surface area (Å²) in [5, 5.41) is 9.44. The second kappa shape index (κ2) is 5.15. The molecule has 2 amide bonds. The van der Waals surface area contributed by atoms with Gasteiger partial charge in [-0.1, -0.05) is 17.8 Å². The lowest BCUT2D eigenvalue weighted by molar-refractivity contribution is -0.114. The molecule has 0 radical (unpaired) electrons. The number of aliphatic imine (C=N–C) groups is 1. The third-order valence-electron chi connectivity index (χ3n) is 2.33. The maximum Gasteiger partial charge on any atom is 0.285 e. The number of hydrogen-bond acceptors (Lipinski definition) is 5. The molecule has 0 saturated heterocycles. The van der Waals surface area contributed by atoms with Gasteiger partial charge in [0.2, 0.25) is 0 Å². The first kappa shape index (κ1) is 13.2. The van der Waals surface area contributed by atoms with Crippen molar-refractivity contribution in [2.24, 2.45) is 10.7 Å². The van der Waals surface area contributed by atoms with Crippen LogP contribution >= 0.6 is 11.8 Å². The molecule has 6 nitrogen and oxygen atoms in total. The van der Waals surface area contributed by atoms with Crippen LogP contribution in [-0.4, -0.2) is 29.1 Å². The van der Waals surface area contributed by atoms with Crippen molar-refractivity contribution in [1.29, 1.82) is 0 Å². The molecule has 98 valence electrons. The summed E-state index contributed by atoms with van der Waals surface area (Å²) in [7, 11) is 1.43. The Hall–Kier alpha value is -2.28. The van der Waals surface area contributed by atoms with E-state index in [1.165, 1.54) is 13.2 Å². The van der Waals surface area contributed by atoms with Gasteiger partial charge in [-0.15, -0.1) is 0 Å². The van der Waals surface area contributed by atoms with Gasteiger partial charge in [-0.2, -0.15) is 4.99 Å². The van der Waals surface area contributed by atoms with Crippen molar-refractivity contribution in [3.05, 3.63) is 28.7 Å². The summed E-state index contributed by atoms with van der Waals surface area (Å²) >= 11 is 0.923. The van der Waals surface area contributed by atoms with Crippen molar-refractivity contribution in [2.75, 3.05) is 7.11 Å². The Labute approximate surface area is 113 Å². The Morgan fingerprint density at radius 1 is 1.53 bits per heavy atom. The minimum absolute atomic E-state index is 0.00382. The molecule has 7 heteroatoms. The lowest BCUT2D eigenvalue weighted by Crippen LogP contribution is -2.18. The molecular formula is C12H10N2O4S. The fraction of sp³-hybridized carbons (Fsp3) is 0.0833. The standard InChI is InChI=1S/C12H10N2O4S/c1-18-8-4-6(2-3-7(8)15)5-9-11(17)14-12(19-9)10(13)16/h2-5,15H,1H3,(H2,13,16). The number of amides is 2. The zero-order chi connectivity index (χ0) is 14.0. The predicted molar refractivity (Wildman–Crippen MR) is 71.9 cm³/mol. The van der Waals surface area contributed by atoms with E-state index in [9.17, 15) is 14.7 Å². The van der Waals surface area contributed by atoms with Gasteiger partial charge in [0, 0.05) is 0 Å². The van der Waals surface area contributed by atoms with E-state index in [2.05, 4.69) is 4.99 Å². The number of phenols is 1. The highest BCUT2D eigenvalue weighted by molar-refractivity contribution is 8.20. The lowest BCUT2D eigenvalue weighted by Gasteiger charge is -2.04. The maximum atomic E-state index is 11.5. The predicted octanol–water partition coefficient (Wildman–Crippen LogP) is 0.899. The number of primary amides is 1. The smallest absolute Gasteiger partial charge is 0.285 e. The molecule has 0 spiro atoms. The van der Waals surface area contributed by atoms with Gasteiger partial charge in [0.05, 0.1) is 12.0 Å². The third-order valence-corrected chi connectivity index (χ3v) is 3.33. The summed E-state index contributed by atoms with van der Waals surface area (Å²) in [4.78, 5) is 26.3. The zero-order valence-corrected chi connectivity index (χ0v) is 10.7. The topological polar surface area (TPSA) is 102 Å². The molecule has 0 aliphatic carbocycles. The summed E-state index contributed by atoms with van der Waals surface area (Å²) in [6, 6.07) is 4.63. The van der Waals surface area contributed by atoms with Crippen LogP contribution in [0.1, 0.15) is 5.56 Å². The van der Waals surface area contributed by atoms with E-state index in [1.807, 2.05) is 0 Å². The van der Waals surface area contributed by atoms with Crippen molar-refractivity contribution < 1.29 is 19.4 Å². The van der Waals surface area contributed by atoms with Gasteiger partial charge >= 0.3 is 0 Å². The first-order valence-corrected chi connectivity index (χ1v) is 6.02. The zero-order valence-electron chi connectivity index (χ0n) is 9.91. The average Bonchev–Trinajstić information content (AvgIpc) is 2.73. The Balaban J connectivity index is 2.29. The highest BCUT2D eigenvalue weighted by Crippen LogP contribution is 2.31. The largest absolute Gasteiger partial charge is 0.504 e. The van der Waals surface area contributed by atoms with Gasteiger partial charge in [0.25, 0.3) is 11.8 Å². The summed E-state index contributed by atoms with van der Waals surface area (Å²) in [6.45, 7) is 0. The van der Waals surface area contributed by atoms with Gasteiger partial charge in [-0.25, -0.2) is 0 Å². The van der Waals surface area contributed by atoms with E-state index in [0.717, 1.165) is 11.8 Å². The van der Waals surface area contributed by atoms with Crippen molar-refractivity contribution in [1.82, 2.24) is 0 Å². The van der Waals surface area contributed by atoms with E-state index in [-0.39, 0.29) is 10.8 Å². The molecule has 1 aliphatic rings. The molecular weight excluding hydrogens is 268 g/mol. The average molecular weight is 278 g/mol. The highest BCUT2D eigenvalue weighted by atomic mass is 32.2. The molecule has 1 heterocycles. The summed E-state index contributed by atoms with van der Waals surface area (Å²) in [6.07, 6.45) is 1.55. The van der Waals surface area contributed by atoms with Crippen molar-refractivity contribution >= 4 is 34.7 Å². The van der Waals surface area contributed by atoms with Crippen molar-refractivity contribution in [3.8, 4) is 11.5 Å². The number of aromatic hydroxyl groups is 1. The van der Waals surface area contributed by atoms with Gasteiger partial charge in [0.15, 0.2) is 16.5 Å². The molecule has 1 aromatic rings. The molecule has 0 aromatic heterocycles. The summed E-state index contributed by atoms with van der Waals surface area (Å²) in [5.74, 6) is -0.944. The van der Waals surface area contributed by atoms with Gasteiger partial charge in [-0.3, -0.25) is 9.59 Å². The van der Waals surface area contributed by atoms with Crippen LogP contribution in [0.15, 0.2) is 28.1 Å². The third kappa shape index (κ3) is 2.76. The van der Waals surface area contributed by atoms with Crippen LogP contribution in [0.25, 0.3) is 6.08 Å². The Kier molecular flexibility index (Phi) is 3.57. The van der Waals surface area contributed by atoms with Gasteiger partial charge in [0.1, 0.15) is 0 Å². The molecule has 2 rings (SSSR count). The first-order chi connectivity index (χ1) is 9.01. The fourth-order valence-electron chi connectivity index (χ4n) is 1.45. The number of rotatable bonds is 3. The molecule has 0 bridgehead atoms. The summed E-state index contributed by atoms with van der Waals surface area (Å²) in [5.41, 5.74) is 5.70. The van der Waals surface area contributed by atoms with Crippen LogP contribution in [0.4, 0.5) is 0 Å². The quantitative estimate of drug-likeness (QED) is 0.800. The summed E-state index contributed by atoms with van der Waals surface area (Å²) < 4.78 is 4.96. The fourth-order valence-corrected chi connectivity index (χ4v) is 2.22. The van der Waals surface area contributed by atoms with E-state index in [0.29, 0.717) is 16.2 Å². The van der Waals surface area contributed by atoms with Crippen LogP contribution in [-0.2, 0) is 9.59 Å². The van der Waals surface area contributed by atoms with Crippen LogP contribution in [0, 0.1) is 0 Å². The van der Waals surface area contributed by atoms with Gasteiger partial charge < -0.3 is 15.6 Å². The van der Waals surface area contributed by atoms with E-state index in [4.69, 9.17) is 10.5 Å². The van der Waals surface area contributed by atoms with E-state index >= 15 is 0 Å². The lowest BCUT2D eigenvalue weighted by atomic mass is 10.2. The monoisotopic (exact) mass is 278 g/mol. The number of benzene rings is 1. The maximum absolute atomic E-state index is 11.5. The second-order valence-electron chi connectivity index (χ2n) is 3.63. The van der Waals surface area contributed by atoms with Crippen LogP contribution in [0.3, 0.4) is 0 Å². The van der Waals surface area contributed by atoms with Crippen LogP contribution < -0.4 is 10.5 Å². The molecule has 0 fully saturated rings. The number of thioether (sulfide) groups is 1. The number of carbonyl (C=O) groups excluding carboxylic acids is 2. The number of hydrogen-bond donors (Lipinski definition) is 2. The Morgan fingerprint density at radius 3 is 2.84 bits per heavy atom. The minimum Gasteiger partial charge on any atom is -0.504 e. The van der Waals surface area contributed by atoms with E-state index < -0.39 is 11.8 Å². The van der Waals surface area contributed by atoms with Gasteiger partial charge in [-0.05, 0) is 23.8 Å². The number of phenolic OH excluding ortho intramolecular Hbond substituents is 1. The van der Waals surface area contributed by atoms with Crippen LogP contribution in [0.5, 0.6) is 11.5 Å². The van der Waals surface area contributed by atoms with Crippen molar-refractivity contribution in [2.45, 2.75) is 0 Å². The van der Waals surface area contributed by atoms with Crippen LogP contribution in [0.2, 0.25) is 0 Å². The molecule has 1 aliphatic heterocycles. The molecule has 1 aromatic carbocycles. The second-order valence-corrected chi connectivity index (χ2v) is 4.66. The number of carbonyl (C=O) groups is 2. The molecule has 3 N–H and O–H groups in total. The molecule has 0 saturated carbocycles. The molecule has 0 atom stereocenters. The molecule has 19 heavy (non-hydrogen) atoms. The SMILES string of the molecule is COc1cc(C=C2SC(C(N)=O)=NC2=O)ccc1O. The molecule has 0 unspecified atom stereocenters. The number of nitrogens with zero attached hydrogens (tertiary/aromatic N) is 1. The Bertz CT molecular complexity index is 622. The number of methoxy groups -OCH3 is 1. The minimum atomic E-state index is -0.731. The Morgan fingerprint density at radius 2 is 2.26 bits per heavy atom. The normalized spacial score (nSPS) is 16.6. The van der Waals surface area contributed by atoms with E-state index in [1.54, 1.807) is 18.2 Å². The number of nitrogens with two attached hydrogens (primary N) is 1.